The summed E-state index contributed by atoms with van der Waals surface area (Å²) in [6.07, 6.45) is 5.35. The molecule has 3 aromatic rings. The molecule has 0 N–H and O–H groups in total. The van der Waals surface area contributed by atoms with Crippen LogP contribution in [0.4, 0.5) is 5.82 Å². The first-order chi connectivity index (χ1) is 12.6. The Bertz CT molecular complexity index is 944. The van der Waals surface area contributed by atoms with Gasteiger partial charge in [-0.2, -0.15) is 0 Å². The standard InChI is InChI=1S/C19H22N6O/c1-23(13-18-21-14-7-3-4-8-16(14)24(18)2)17-12-20-11-15(22-17)19(26)25-9-5-6-10-25/h3-4,7-8,11-12H,5-6,9-10,13H2,1-2H3. The Hall–Kier alpha value is -2.96. The maximum absolute atomic E-state index is 12.5. The number of benzene rings is 1. The molecule has 3 heterocycles. The molecular formula is C19H22N6O. The van der Waals surface area contributed by atoms with Crippen molar-refractivity contribution < 1.29 is 4.79 Å². The number of hydrogen-bond acceptors (Lipinski definition) is 5. The van der Waals surface area contributed by atoms with Crippen LogP contribution in [-0.4, -0.2) is 50.5 Å². The summed E-state index contributed by atoms with van der Waals surface area (Å²) in [5.41, 5.74) is 2.48. The van der Waals surface area contributed by atoms with E-state index in [0.29, 0.717) is 18.1 Å². The topological polar surface area (TPSA) is 67.2 Å². The number of carbonyl (C=O) groups is 1. The number of fused-ring (bicyclic) bond motifs is 1. The number of para-hydroxylation sites is 2. The Morgan fingerprint density at radius 1 is 1.15 bits per heavy atom. The average molecular weight is 350 g/mol. The van der Waals surface area contributed by atoms with Gasteiger partial charge in [0, 0.05) is 27.2 Å². The Morgan fingerprint density at radius 2 is 1.92 bits per heavy atom. The van der Waals surface area contributed by atoms with Crippen LogP contribution < -0.4 is 4.90 Å². The molecule has 2 aromatic heterocycles. The fourth-order valence-electron chi connectivity index (χ4n) is 3.35. The summed E-state index contributed by atoms with van der Waals surface area (Å²) in [7, 11) is 3.95. The van der Waals surface area contributed by atoms with Crippen LogP contribution in [-0.2, 0) is 13.6 Å². The third kappa shape index (κ3) is 3.00. The minimum Gasteiger partial charge on any atom is -0.351 e. The third-order valence-electron chi connectivity index (χ3n) is 4.88. The van der Waals surface area contributed by atoms with Crippen LogP contribution in [0.3, 0.4) is 0 Å². The maximum atomic E-state index is 12.5. The number of rotatable bonds is 4. The lowest BCUT2D eigenvalue weighted by molar-refractivity contribution is 0.0786. The molecule has 0 radical (unpaired) electrons. The molecule has 1 aliphatic rings. The summed E-state index contributed by atoms with van der Waals surface area (Å²) >= 11 is 0. The smallest absolute Gasteiger partial charge is 0.274 e. The number of anilines is 1. The van der Waals surface area contributed by atoms with E-state index >= 15 is 0 Å². The lowest BCUT2D eigenvalue weighted by atomic mass is 10.3. The molecule has 1 fully saturated rings. The molecule has 26 heavy (non-hydrogen) atoms. The van der Waals surface area contributed by atoms with Crippen LogP contribution in [0.25, 0.3) is 11.0 Å². The molecule has 0 bridgehead atoms. The first-order valence-electron chi connectivity index (χ1n) is 8.86. The summed E-state index contributed by atoms with van der Waals surface area (Å²) in [5, 5.41) is 0. The zero-order valence-electron chi connectivity index (χ0n) is 15.1. The van der Waals surface area contributed by atoms with Crippen LogP contribution in [0, 0.1) is 0 Å². The van der Waals surface area contributed by atoms with Gasteiger partial charge < -0.3 is 14.4 Å². The number of carbonyl (C=O) groups excluding carboxylic acids is 1. The van der Waals surface area contributed by atoms with Gasteiger partial charge in [-0.05, 0) is 25.0 Å². The molecule has 134 valence electrons. The number of nitrogens with zero attached hydrogens (tertiary/aromatic N) is 6. The molecule has 1 aromatic carbocycles. The van der Waals surface area contributed by atoms with Crippen molar-refractivity contribution in [1.29, 1.82) is 0 Å². The lowest BCUT2D eigenvalue weighted by Gasteiger charge is -2.19. The van der Waals surface area contributed by atoms with Gasteiger partial charge in [0.1, 0.15) is 17.3 Å². The number of aryl methyl sites for hydroxylation is 1. The third-order valence-corrected chi connectivity index (χ3v) is 4.88. The van der Waals surface area contributed by atoms with Gasteiger partial charge in [-0.25, -0.2) is 9.97 Å². The van der Waals surface area contributed by atoms with E-state index in [9.17, 15) is 4.79 Å². The molecule has 0 saturated carbocycles. The first kappa shape index (κ1) is 16.5. The van der Waals surface area contributed by atoms with Crippen molar-refractivity contribution >= 4 is 22.8 Å². The van der Waals surface area contributed by atoms with E-state index in [1.54, 1.807) is 12.4 Å². The van der Waals surface area contributed by atoms with Gasteiger partial charge in [0.25, 0.3) is 5.91 Å². The Labute approximate surface area is 152 Å². The van der Waals surface area contributed by atoms with Crippen molar-refractivity contribution in [2.75, 3.05) is 25.0 Å². The Balaban J connectivity index is 1.56. The monoisotopic (exact) mass is 350 g/mol. The molecule has 1 aliphatic heterocycles. The van der Waals surface area contributed by atoms with Gasteiger partial charge in [-0.15, -0.1) is 0 Å². The second-order valence-corrected chi connectivity index (χ2v) is 6.69. The summed E-state index contributed by atoms with van der Waals surface area (Å²) in [6, 6.07) is 8.06. The second kappa shape index (κ2) is 6.74. The second-order valence-electron chi connectivity index (χ2n) is 6.69. The fraction of sp³-hybridized carbons (Fsp3) is 0.368. The largest absolute Gasteiger partial charge is 0.351 e. The Kier molecular flexibility index (Phi) is 4.28. The van der Waals surface area contributed by atoms with E-state index in [2.05, 4.69) is 20.6 Å². The predicted octanol–water partition coefficient (Wildman–Crippen LogP) is 2.24. The molecule has 7 heteroatoms. The van der Waals surface area contributed by atoms with Gasteiger partial charge >= 0.3 is 0 Å². The predicted molar refractivity (Wildman–Crippen MR) is 100.0 cm³/mol. The van der Waals surface area contributed by atoms with E-state index in [1.807, 2.05) is 42.1 Å². The van der Waals surface area contributed by atoms with Gasteiger partial charge in [0.2, 0.25) is 0 Å². The highest BCUT2D eigenvalue weighted by Gasteiger charge is 2.21. The minimum absolute atomic E-state index is 0.0343. The maximum Gasteiger partial charge on any atom is 0.274 e. The SMILES string of the molecule is CN(Cc1nc2ccccc2n1C)c1cncc(C(=O)N2CCCC2)n1. The van der Waals surface area contributed by atoms with Gasteiger partial charge in [0.05, 0.1) is 30.0 Å². The van der Waals surface area contributed by atoms with Crippen LogP contribution in [0.2, 0.25) is 0 Å². The zero-order valence-corrected chi connectivity index (χ0v) is 15.1. The molecule has 1 amide bonds. The van der Waals surface area contributed by atoms with Crippen LogP contribution >= 0.6 is 0 Å². The molecule has 0 spiro atoms. The molecule has 1 saturated heterocycles. The van der Waals surface area contributed by atoms with Crippen molar-refractivity contribution in [2.45, 2.75) is 19.4 Å². The molecule has 4 rings (SSSR count). The fourth-order valence-corrected chi connectivity index (χ4v) is 3.35. The minimum atomic E-state index is -0.0343. The number of hydrogen-bond donors (Lipinski definition) is 0. The van der Waals surface area contributed by atoms with Crippen LogP contribution in [0.15, 0.2) is 36.7 Å². The highest BCUT2D eigenvalue weighted by Crippen LogP contribution is 2.18. The number of imidazole rings is 1. The first-order valence-corrected chi connectivity index (χ1v) is 8.86. The molecule has 7 nitrogen and oxygen atoms in total. The van der Waals surface area contributed by atoms with Crippen molar-refractivity contribution in [1.82, 2.24) is 24.4 Å². The van der Waals surface area contributed by atoms with Crippen molar-refractivity contribution in [3.05, 3.63) is 48.2 Å². The Morgan fingerprint density at radius 3 is 2.69 bits per heavy atom. The summed E-state index contributed by atoms with van der Waals surface area (Å²) < 4.78 is 2.08. The summed E-state index contributed by atoms with van der Waals surface area (Å²) in [6.45, 7) is 2.20. The highest BCUT2D eigenvalue weighted by molar-refractivity contribution is 5.92. The number of amides is 1. The number of aromatic nitrogens is 4. The average Bonchev–Trinajstić information content (AvgIpc) is 3.31. The van der Waals surface area contributed by atoms with Gasteiger partial charge in [0.15, 0.2) is 0 Å². The summed E-state index contributed by atoms with van der Waals surface area (Å²) in [5.74, 6) is 1.57. The van der Waals surface area contributed by atoms with Crippen molar-refractivity contribution in [3.8, 4) is 0 Å². The zero-order chi connectivity index (χ0) is 18.1. The van der Waals surface area contributed by atoms with E-state index in [0.717, 1.165) is 42.8 Å². The van der Waals surface area contributed by atoms with E-state index in [4.69, 9.17) is 4.98 Å². The van der Waals surface area contributed by atoms with Crippen LogP contribution in [0.5, 0.6) is 0 Å². The molecule has 0 unspecified atom stereocenters. The molecule has 0 atom stereocenters. The number of likely N-dealkylation sites (tertiary alicyclic amines) is 1. The van der Waals surface area contributed by atoms with E-state index < -0.39 is 0 Å². The molecular weight excluding hydrogens is 328 g/mol. The normalized spacial score (nSPS) is 14.2. The van der Waals surface area contributed by atoms with E-state index in [1.165, 1.54) is 0 Å². The summed E-state index contributed by atoms with van der Waals surface area (Å²) in [4.78, 5) is 29.8. The quantitative estimate of drug-likeness (QED) is 0.722. The lowest BCUT2D eigenvalue weighted by Crippen LogP contribution is -2.29. The van der Waals surface area contributed by atoms with Crippen molar-refractivity contribution in [3.63, 3.8) is 0 Å². The molecule has 0 aliphatic carbocycles. The highest BCUT2D eigenvalue weighted by atomic mass is 16.2. The van der Waals surface area contributed by atoms with Crippen molar-refractivity contribution in [2.24, 2.45) is 7.05 Å². The van der Waals surface area contributed by atoms with Gasteiger partial charge in [-0.3, -0.25) is 9.78 Å². The van der Waals surface area contributed by atoms with Crippen LogP contribution in [0.1, 0.15) is 29.2 Å². The van der Waals surface area contributed by atoms with E-state index in [-0.39, 0.29) is 5.91 Å². The van der Waals surface area contributed by atoms with Gasteiger partial charge in [-0.1, -0.05) is 12.1 Å².